The van der Waals surface area contributed by atoms with E-state index >= 15 is 0 Å². The van der Waals surface area contributed by atoms with Crippen LogP contribution in [0.2, 0.25) is 0 Å². The third-order valence-corrected chi connectivity index (χ3v) is 4.74. The maximum Gasteiger partial charge on any atom is 0.277 e. The Morgan fingerprint density at radius 2 is 2.05 bits per heavy atom. The number of carbonyl (C=O) groups is 2. The fourth-order valence-electron chi connectivity index (χ4n) is 2.55. The number of fused-ring (bicyclic) bond motifs is 1. The Kier molecular flexibility index (Phi) is 3.47. The van der Waals surface area contributed by atoms with Crippen molar-refractivity contribution in [2.45, 2.75) is 26.2 Å². The average molecular weight is 301 g/mol. The van der Waals surface area contributed by atoms with Crippen LogP contribution in [0.5, 0.6) is 0 Å². The number of hydrogen-bond acceptors (Lipinski definition) is 4. The standard InChI is InChI=1S/C15H15N3O2S/c1-8-12(21-15(17-8)13(16)19)14(20)18-11-6-5-9-3-2-4-10(9)7-11/h5-7H,2-4H2,1H3,(H2,16,19)(H,18,20). The second kappa shape index (κ2) is 5.29. The van der Waals surface area contributed by atoms with Crippen molar-refractivity contribution >= 4 is 28.8 Å². The van der Waals surface area contributed by atoms with Gasteiger partial charge >= 0.3 is 0 Å². The zero-order valence-corrected chi connectivity index (χ0v) is 12.4. The normalized spacial score (nSPS) is 13.0. The van der Waals surface area contributed by atoms with Crippen molar-refractivity contribution in [1.29, 1.82) is 0 Å². The number of nitrogens with one attached hydrogen (secondary N) is 1. The molecule has 0 saturated carbocycles. The van der Waals surface area contributed by atoms with Gasteiger partial charge in [-0.05, 0) is 49.4 Å². The summed E-state index contributed by atoms with van der Waals surface area (Å²) in [6.07, 6.45) is 3.34. The zero-order chi connectivity index (χ0) is 15.0. The Labute approximate surface area is 126 Å². The number of aromatic nitrogens is 1. The van der Waals surface area contributed by atoms with Crippen LogP contribution in [-0.2, 0) is 12.8 Å². The molecule has 1 heterocycles. The summed E-state index contributed by atoms with van der Waals surface area (Å²) in [7, 11) is 0. The molecule has 0 saturated heterocycles. The van der Waals surface area contributed by atoms with Gasteiger partial charge in [-0.1, -0.05) is 6.07 Å². The fraction of sp³-hybridized carbons (Fsp3) is 0.267. The van der Waals surface area contributed by atoms with Crippen molar-refractivity contribution in [3.63, 3.8) is 0 Å². The summed E-state index contributed by atoms with van der Waals surface area (Å²) in [5.41, 5.74) is 9.14. The molecule has 108 valence electrons. The molecule has 3 N–H and O–H groups in total. The number of anilines is 1. The second-order valence-corrected chi connectivity index (χ2v) is 6.09. The number of hydrogen-bond donors (Lipinski definition) is 2. The first-order valence-corrected chi connectivity index (χ1v) is 7.56. The highest BCUT2D eigenvalue weighted by molar-refractivity contribution is 7.15. The molecule has 5 nitrogen and oxygen atoms in total. The summed E-state index contributed by atoms with van der Waals surface area (Å²) >= 11 is 1.02. The molecular formula is C15H15N3O2S. The van der Waals surface area contributed by atoms with Crippen LogP contribution in [0.3, 0.4) is 0 Å². The molecule has 0 spiro atoms. The van der Waals surface area contributed by atoms with E-state index in [0.717, 1.165) is 29.9 Å². The molecule has 1 aromatic heterocycles. The number of nitrogens with zero attached hydrogens (tertiary/aromatic N) is 1. The highest BCUT2D eigenvalue weighted by atomic mass is 32.1. The van der Waals surface area contributed by atoms with E-state index < -0.39 is 5.91 Å². The third-order valence-electron chi connectivity index (χ3n) is 3.57. The lowest BCUT2D eigenvalue weighted by atomic mass is 10.1. The summed E-state index contributed by atoms with van der Waals surface area (Å²) in [5, 5.41) is 3.02. The minimum atomic E-state index is -0.611. The molecular weight excluding hydrogens is 286 g/mol. The molecule has 21 heavy (non-hydrogen) atoms. The quantitative estimate of drug-likeness (QED) is 0.912. The van der Waals surface area contributed by atoms with Gasteiger partial charge in [0.25, 0.3) is 11.8 Å². The monoisotopic (exact) mass is 301 g/mol. The highest BCUT2D eigenvalue weighted by Gasteiger charge is 2.18. The SMILES string of the molecule is Cc1nc(C(N)=O)sc1C(=O)Nc1ccc2c(c1)CCC2. The second-order valence-electron chi connectivity index (χ2n) is 5.09. The maximum absolute atomic E-state index is 12.3. The minimum Gasteiger partial charge on any atom is -0.364 e. The molecule has 1 aliphatic rings. The zero-order valence-electron chi connectivity index (χ0n) is 11.6. The van der Waals surface area contributed by atoms with Gasteiger partial charge in [-0.2, -0.15) is 0 Å². The van der Waals surface area contributed by atoms with Crippen LogP contribution in [0.1, 0.15) is 42.7 Å². The fourth-order valence-corrected chi connectivity index (χ4v) is 3.36. The molecule has 2 aromatic rings. The maximum atomic E-state index is 12.3. The van der Waals surface area contributed by atoms with Crippen molar-refractivity contribution < 1.29 is 9.59 Å². The average Bonchev–Trinajstić information content (AvgIpc) is 3.04. The van der Waals surface area contributed by atoms with E-state index in [1.54, 1.807) is 6.92 Å². The molecule has 0 bridgehead atoms. The minimum absolute atomic E-state index is 0.159. The van der Waals surface area contributed by atoms with Crippen LogP contribution < -0.4 is 11.1 Å². The van der Waals surface area contributed by atoms with Crippen molar-refractivity contribution in [2.75, 3.05) is 5.32 Å². The van der Waals surface area contributed by atoms with E-state index in [9.17, 15) is 9.59 Å². The Morgan fingerprint density at radius 1 is 1.29 bits per heavy atom. The van der Waals surface area contributed by atoms with Crippen LogP contribution in [0, 0.1) is 6.92 Å². The summed E-state index contributed by atoms with van der Waals surface area (Å²) < 4.78 is 0. The smallest absolute Gasteiger partial charge is 0.277 e. The third kappa shape index (κ3) is 2.67. The van der Waals surface area contributed by atoms with E-state index in [-0.39, 0.29) is 10.9 Å². The van der Waals surface area contributed by atoms with E-state index in [1.165, 1.54) is 17.5 Å². The Hall–Kier alpha value is -2.21. The van der Waals surface area contributed by atoms with Gasteiger partial charge in [0.15, 0.2) is 5.01 Å². The van der Waals surface area contributed by atoms with E-state index in [4.69, 9.17) is 5.73 Å². The molecule has 1 aromatic carbocycles. The van der Waals surface area contributed by atoms with Gasteiger partial charge in [0.05, 0.1) is 5.69 Å². The molecule has 6 heteroatoms. The Bertz CT molecular complexity index is 737. The first kappa shape index (κ1) is 13.8. The number of nitrogens with two attached hydrogens (primary N) is 1. The van der Waals surface area contributed by atoms with Gasteiger partial charge in [-0.15, -0.1) is 11.3 Å². The van der Waals surface area contributed by atoms with Gasteiger partial charge in [0.1, 0.15) is 4.88 Å². The summed E-state index contributed by atoms with van der Waals surface area (Å²) in [6, 6.07) is 5.99. The molecule has 0 fully saturated rings. The van der Waals surface area contributed by atoms with Crippen molar-refractivity contribution in [1.82, 2.24) is 4.98 Å². The van der Waals surface area contributed by atoms with Crippen LogP contribution in [0.4, 0.5) is 5.69 Å². The van der Waals surface area contributed by atoms with Gasteiger partial charge in [-0.25, -0.2) is 4.98 Å². The number of thiazole rings is 1. The Morgan fingerprint density at radius 3 is 2.76 bits per heavy atom. The summed E-state index contributed by atoms with van der Waals surface area (Å²) in [6.45, 7) is 1.69. The predicted molar refractivity (Wildman–Crippen MR) is 81.8 cm³/mol. The number of aryl methyl sites for hydroxylation is 3. The topological polar surface area (TPSA) is 85.1 Å². The van der Waals surface area contributed by atoms with Crippen molar-refractivity contribution in [3.05, 3.63) is 44.9 Å². The van der Waals surface area contributed by atoms with Crippen molar-refractivity contribution in [2.24, 2.45) is 5.73 Å². The number of benzene rings is 1. The van der Waals surface area contributed by atoms with E-state index in [2.05, 4.69) is 16.4 Å². The van der Waals surface area contributed by atoms with Gasteiger partial charge < -0.3 is 11.1 Å². The largest absolute Gasteiger partial charge is 0.364 e. The number of amides is 2. The van der Waals surface area contributed by atoms with Gasteiger partial charge in [0.2, 0.25) is 0 Å². The molecule has 0 aliphatic heterocycles. The molecule has 0 atom stereocenters. The molecule has 1 aliphatic carbocycles. The van der Waals surface area contributed by atoms with E-state index in [1.807, 2.05) is 12.1 Å². The number of carbonyl (C=O) groups excluding carboxylic acids is 2. The number of rotatable bonds is 3. The van der Waals surface area contributed by atoms with E-state index in [0.29, 0.717) is 10.6 Å². The first-order valence-electron chi connectivity index (χ1n) is 6.75. The lowest BCUT2D eigenvalue weighted by Crippen LogP contribution is -2.11. The van der Waals surface area contributed by atoms with Crippen LogP contribution in [-0.4, -0.2) is 16.8 Å². The molecule has 0 unspecified atom stereocenters. The number of primary amides is 1. The molecule has 3 rings (SSSR count). The lowest BCUT2D eigenvalue weighted by Gasteiger charge is -2.06. The van der Waals surface area contributed by atoms with Crippen LogP contribution in [0.25, 0.3) is 0 Å². The highest BCUT2D eigenvalue weighted by Crippen LogP contribution is 2.26. The van der Waals surface area contributed by atoms with Gasteiger partial charge in [0, 0.05) is 5.69 Å². The van der Waals surface area contributed by atoms with Crippen molar-refractivity contribution in [3.8, 4) is 0 Å². The van der Waals surface area contributed by atoms with Crippen LogP contribution >= 0.6 is 11.3 Å². The predicted octanol–water partition coefficient (Wildman–Crippen LogP) is 2.29. The molecule has 0 radical (unpaired) electrons. The molecule has 2 amide bonds. The Balaban J connectivity index is 1.81. The van der Waals surface area contributed by atoms with Gasteiger partial charge in [-0.3, -0.25) is 9.59 Å². The first-order chi connectivity index (χ1) is 10.0. The van der Waals surface area contributed by atoms with Crippen LogP contribution in [0.15, 0.2) is 18.2 Å². The summed E-state index contributed by atoms with van der Waals surface area (Å²) in [4.78, 5) is 27.8. The summed E-state index contributed by atoms with van der Waals surface area (Å²) in [5.74, 6) is -0.866. The lowest BCUT2D eigenvalue weighted by molar-refractivity contribution is 0.0997.